The zero-order valence-corrected chi connectivity index (χ0v) is 24.4. The second kappa shape index (κ2) is 12.4. The number of hydrogen-bond acceptors (Lipinski definition) is 6. The topological polar surface area (TPSA) is 54.4 Å². The van der Waals surface area contributed by atoms with E-state index in [4.69, 9.17) is 14.2 Å². The highest BCUT2D eigenvalue weighted by Gasteiger charge is 2.30. The van der Waals surface area contributed by atoms with Crippen LogP contribution >= 0.6 is 0 Å². The van der Waals surface area contributed by atoms with Gasteiger partial charge in [0.2, 0.25) is 0 Å². The van der Waals surface area contributed by atoms with Gasteiger partial charge in [-0.2, -0.15) is 0 Å². The first-order chi connectivity index (χ1) is 19.3. The van der Waals surface area contributed by atoms with Gasteiger partial charge in [-0.05, 0) is 106 Å². The Labute approximate surface area is 238 Å². The second-order valence-electron chi connectivity index (χ2n) is 11.5. The second-order valence-corrected chi connectivity index (χ2v) is 11.5. The lowest BCUT2D eigenvalue weighted by Gasteiger charge is -2.31. The van der Waals surface area contributed by atoms with Gasteiger partial charge in [-0.25, -0.2) is 0 Å². The Morgan fingerprint density at radius 1 is 1.02 bits per heavy atom. The summed E-state index contributed by atoms with van der Waals surface area (Å²) in [6.07, 6.45) is 0.955. The smallest absolute Gasteiger partial charge is 0.150 e. The average Bonchev–Trinajstić information content (AvgIpc) is 3.38. The van der Waals surface area contributed by atoms with Crippen LogP contribution in [0.3, 0.4) is 0 Å². The number of rotatable bonds is 10. The monoisotopic (exact) mass is 542 g/mol. The maximum Gasteiger partial charge on any atom is 0.150 e. The zero-order valence-electron chi connectivity index (χ0n) is 24.4. The number of phenols is 1. The van der Waals surface area contributed by atoms with Crippen molar-refractivity contribution in [2.24, 2.45) is 5.92 Å². The highest BCUT2D eigenvalue weighted by molar-refractivity contribution is 5.95. The Kier molecular flexibility index (Phi) is 8.67. The summed E-state index contributed by atoms with van der Waals surface area (Å²) in [6.45, 7) is 11.1. The fourth-order valence-corrected chi connectivity index (χ4v) is 5.57. The summed E-state index contributed by atoms with van der Waals surface area (Å²) in [5, 5.41) is 10.2. The standard InChI is InChI=1S/C34H42N2O4/c1-23-15-16-36(21-23)24(2)22-39-29-12-9-26(10-13-29)34-33(25(3)31-20-28(37)11-14-32(31)40-34)27-7-6-8-30(19-27)38-18-17-35(4)5/h6-14,19-20,23-24,34,37H,15-18,21-22H2,1-5H3/t23-,24+,34?/m1/s1. The van der Waals surface area contributed by atoms with E-state index in [2.05, 4.69) is 54.8 Å². The van der Waals surface area contributed by atoms with Crippen LogP contribution in [-0.4, -0.2) is 67.9 Å². The van der Waals surface area contributed by atoms with E-state index in [1.165, 1.54) is 6.42 Å². The number of hydrogen-bond donors (Lipinski definition) is 1. The maximum absolute atomic E-state index is 10.2. The van der Waals surface area contributed by atoms with Crippen molar-refractivity contribution in [3.8, 4) is 23.0 Å². The van der Waals surface area contributed by atoms with Crippen LogP contribution in [0.2, 0.25) is 0 Å². The molecule has 212 valence electrons. The normalized spacial score (nSPS) is 19.9. The minimum atomic E-state index is -0.312. The number of nitrogens with zero attached hydrogens (tertiary/aromatic N) is 2. The molecule has 2 aliphatic heterocycles. The van der Waals surface area contributed by atoms with E-state index < -0.39 is 0 Å². The highest BCUT2D eigenvalue weighted by atomic mass is 16.5. The Balaban J connectivity index is 1.39. The molecule has 3 aromatic rings. The van der Waals surface area contributed by atoms with E-state index in [-0.39, 0.29) is 11.9 Å². The Morgan fingerprint density at radius 2 is 1.82 bits per heavy atom. The number of benzene rings is 3. The quantitative estimate of drug-likeness (QED) is 0.315. The largest absolute Gasteiger partial charge is 0.508 e. The molecule has 3 atom stereocenters. The van der Waals surface area contributed by atoms with E-state index >= 15 is 0 Å². The van der Waals surface area contributed by atoms with Gasteiger partial charge in [0, 0.05) is 30.3 Å². The minimum Gasteiger partial charge on any atom is -0.508 e. The third kappa shape index (κ3) is 6.45. The third-order valence-corrected chi connectivity index (χ3v) is 7.98. The molecule has 1 N–H and O–H groups in total. The van der Waals surface area contributed by atoms with E-state index in [1.54, 1.807) is 12.1 Å². The summed E-state index contributed by atoms with van der Waals surface area (Å²) >= 11 is 0. The highest BCUT2D eigenvalue weighted by Crippen LogP contribution is 2.47. The fraction of sp³-hybridized carbons (Fsp3) is 0.412. The van der Waals surface area contributed by atoms with E-state index in [0.29, 0.717) is 19.3 Å². The molecular weight excluding hydrogens is 500 g/mol. The van der Waals surface area contributed by atoms with Crippen LogP contribution in [0.25, 0.3) is 11.1 Å². The van der Waals surface area contributed by atoms with Gasteiger partial charge in [0.1, 0.15) is 42.3 Å². The van der Waals surface area contributed by atoms with Crippen molar-refractivity contribution in [2.75, 3.05) is 46.9 Å². The summed E-state index contributed by atoms with van der Waals surface area (Å²) < 4.78 is 18.9. The molecule has 40 heavy (non-hydrogen) atoms. The Morgan fingerprint density at radius 3 is 2.55 bits per heavy atom. The molecule has 0 spiro atoms. The van der Waals surface area contributed by atoms with Crippen molar-refractivity contribution < 1.29 is 19.3 Å². The number of likely N-dealkylation sites (N-methyl/N-ethyl adjacent to an activating group) is 1. The van der Waals surface area contributed by atoms with Crippen LogP contribution in [0.15, 0.2) is 66.7 Å². The molecule has 0 aliphatic carbocycles. The van der Waals surface area contributed by atoms with Crippen molar-refractivity contribution in [1.29, 1.82) is 0 Å². The van der Waals surface area contributed by atoms with Crippen LogP contribution in [0, 0.1) is 5.92 Å². The Bertz CT molecular complexity index is 1330. The number of likely N-dealkylation sites (tertiary alicyclic amines) is 1. The first-order valence-corrected chi connectivity index (χ1v) is 14.3. The van der Waals surface area contributed by atoms with Gasteiger partial charge in [-0.3, -0.25) is 4.90 Å². The molecule has 0 bridgehead atoms. The third-order valence-electron chi connectivity index (χ3n) is 7.98. The van der Waals surface area contributed by atoms with Crippen molar-refractivity contribution in [1.82, 2.24) is 9.80 Å². The summed E-state index contributed by atoms with van der Waals surface area (Å²) in [7, 11) is 4.07. The minimum absolute atomic E-state index is 0.222. The van der Waals surface area contributed by atoms with Crippen molar-refractivity contribution in [2.45, 2.75) is 39.3 Å². The molecule has 1 saturated heterocycles. The van der Waals surface area contributed by atoms with Crippen LogP contribution in [0.4, 0.5) is 0 Å². The number of ether oxygens (including phenoxy) is 3. The average molecular weight is 543 g/mol. The number of aromatic hydroxyl groups is 1. The van der Waals surface area contributed by atoms with Crippen LogP contribution in [0.5, 0.6) is 23.0 Å². The lowest BCUT2D eigenvalue weighted by Crippen LogP contribution is -2.35. The van der Waals surface area contributed by atoms with Crippen molar-refractivity contribution >= 4 is 11.1 Å². The SMILES string of the molecule is CC1=C(c2cccc(OCCN(C)C)c2)C(c2ccc(OC[C@H](C)N3CC[C@@H](C)C3)cc2)Oc2ccc(O)cc21. The summed E-state index contributed by atoms with van der Waals surface area (Å²) in [5.41, 5.74) is 5.10. The molecule has 3 aromatic carbocycles. The summed E-state index contributed by atoms with van der Waals surface area (Å²) in [5.74, 6) is 3.44. The van der Waals surface area contributed by atoms with Gasteiger partial charge < -0.3 is 24.2 Å². The molecule has 1 unspecified atom stereocenters. The van der Waals surface area contributed by atoms with Crippen molar-refractivity contribution in [3.05, 3.63) is 83.4 Å². The molecule has 0 amide bonds. The van der Waals surface area contributed by atoms with E-state index in [1.807, 2.05) is 44.4 Å². The van der Waals surface area contributed by atoms with Gasteiger partial charge >= 0.3 is 0 Å². The molecule has 0 radical (unpaired) electrons. The molecule has 6 nitrogen and oxygen atoms in total. The predicted molar refractivity (Wildman–Crippen MR) is 161 cm³/mol. The Hall–Kier alpha value is -3.48. The maximum atomic E-state index is 10.2. The predicted octanol–water partition coefficient (Wildman–Crippen LogP) is 6.51. The van der Waals surface area contributed by atoms with E-state index in [0.717, 1.165) is 70.6 Å². The molecule has 2 aliphatic rings. The van der Waals surface area contributed by atoms with Gasteiger partial charge in [-0.1, -0.05) is 31.2 Å². The first-order valence-electron chi connectivity index (χ1n) is 14.3. The molecule has 0 aromatic heterocycles. The lowest BCUT2D eigenvalue weighted by atomic mass is 9.86. The zero-order chi connectivity index (χ0) is 28.2. The number of allylic oxidation sites excluding steroid dienone is 1. The molecule has 6 heteroatoms. The summed E-state index contributed by atoms with van der Waals surface area (Å²) in [6, 6.07) is 22.1. The van der Waals surface area contributed by atoms with Gasteiger partial charge in [0.25, 0.3) is 0 Å². The summed E-state index contributed by atoms with van der Waals surface area (Å²) in [4.78, 5) is 4.62. The lowest BCUT2D eigenvalue weighted by molar-refractivity contribution is 0.169. The van der Waals surface area contributed by atoms with Gasteiger partial charge in [-0.15, -0.1) is 0 Å². The van der Waals surface area contributed by atoms with Crippen molar-refractivity contribution in [3.63, 3.8) is 0 Å². The first kappa shape index (κ1) is 28.1. The molecule has 5 rings (SSSR count). The van der Waals surface area contributed by atoms with Crippen LogP contribution in [-0.2, 0) is 0 Å². The van der Waals surface area contributed by atoms with Gasteiger partial charge in [0.05, 0.1) is 0 Å². The molecular formula is C34H42N2O4. The van der Waals surface area contributed by atoms with Gasteiger partial charge in [0.15, 0.2) is 0 Å². The number of phenolic OH excluding ortho intramolecular Hbond substituents is 1. The van der Waals surface area contributed by atoms with Crippen LogP contribution < -0.4 is 14.2 Å². The molecule has 2 heterocycles. The van der Waals surface area contributed by atoms with E-state index in [9.17, 15) is 5.11 Å². The molecule has 0 saturated carbocycles. The fourth-order valence-electron chi connectivity index (χ4n) is 5.57. The number of fused-ring (bicyclic) bond motifs is 1. The van der Waals surface area contributed by atoms with Crippen LogP contribution in [0.1, 0.15) is 50.0 Å². The molecule has 1 fully saturated rings.